The monoisotopic (exact) mass is 753 g/mol. The largest absolute Gasteiger partial charge is 0.362 e. The first-order chi connectivity index (χ1) is 24.8. The van der Waals surface area contributed by atoms with Crippen LogP contribution in [-0.2, 0) is 22.5 Å². The summed E-state index contributed by atoms with van der Waals surface area (Å²) in [6.45, 7) is 6.58. The summed E-state index contributed by atoms with van der Waals surface area (Å²) in [4.78, 5) is 31.3. The van der Waals surface area contributed by atoms with E-state index in [1.807, 2.05) is 78.6 Å². The molecule has 3 aromatic rings. The second kappa shape index (κ2) is 17.8. The Morgan fingerprint density at radius 2 is 1.61 bits per heavy atom. The third-order valence-corrected chi connectivity index (χ3v) is 11.2. The van der Waals surface area contributed by atoms with Gasteiger partial charge in [-0.2, -0.15) is 0 Å². The lowest BCUT2D eigenvalue weighted by Gasteiger charge is -2.32. The number of amides is 2. The minimum absolute atomic E-state index is 0.0469. The van der Waals surface area contributed by atoms with E-state index in [1.54, 1.807) is 17.1 Å². The van der Waals surface area contributed by atoms with Crippen molar-refractivity contribution in [2.75, 3.05) is 32.8 Å². The normalized spacial score (nSPS) is 19.9. The lowest BCUT2D eigenvalue weighted by atomic mass is 9.87. The molecular formula is C43H52BrN3O4. The van der Waals surface area contributed by atoms with Gasteiger partial charge in [0.2, 0.25) is 5.91 Å². The van der Waals surface area contributed by atoms with Crippen LogP contribution in [-0.4, -0.2) is 65.3 Å². The van der Waals surface area contributed by atoms with Gasteiger partial charge in [0.05, 0.1) is 13.0 Å². The van der Waals surface area contributed by atoms with Crippen molar-refractivity contribution in [2.24, 2.45) is 11.8 Å². The van der Waals surface area contributed by atoms with Crippen molar-refractivity contribution in [1.29, 1.82) is 0 Å². The third-order valence-electron chi connectivity index (χ3n) is 10.7. The summed E-state index contributed by atoms with van der Waals surface area (Å²) in [7, 11) is 0. The summed E-state index contributed by atoms with van der Waals surface area (Å²) >= 11 is 3.52. The molecule has 6 rings (SSSR count). The van der Waals surface area contributed by atoms with Crippen LogP contribution in [0, 0.1) is 11.8 Å². The molecule has 270 valence electrons. The Morgan fingerprint density at radius 3 is 2.31 bits per heavy atom. The highest BCUT2D eigenvalue weighted by atomic mass is 79.9. The van der Waals surface area contributed by atoms with Gasteiger partial charge in [-0.05, 0) is 122 Å². The van der Waals surface area contributed by atoms with Crippen LogP contribution in [0.5, 0.6) is 0 Å². The lowest BCUT2D eigenvalue weighted by Crippen LogP contribution is -2.38. The molecule has 1 atom stereocenters. The molecule has 2 amide bonds. The molecule has 7 nitrogen and oxygen atoms in total. The molecule has 0 bridgehead atoms. The van der Waals surface area contributed by atoms with Gasteiger partial charge in [0.25, 0.3) is 5.91 Å². The minimum Gasteiger partial charge on any atom is -0.362 e. The number of carbonyl (C=O) groups excluding carboxylic acids is 2. The molecular weight excluding hydrogens is 702 g/mol. The topological polar surface area (TPSA) is 82.1 Å². The number of allylic oxidation sites excluding steroid dienone is 1. The maximum absolute atomic E-state index is 13.9. The third kappa shape index (κ3) is 10.3. The van der Waals surface area contributed by atoms with Crippen LogP contribution < -0.4 is 5.32 Å². The predicted molar refractivity (Wildman–Crippen MR) is 207 cm³/mol. The Morgan fingerprint density at radius 1 is 0.922 bits per heavy atom. The highest BCUT2D eigenvalue weighted by Gasteiger charge is 2.29. The van der Waals surface area contributed by atoms with Crippen molar-refractivity contribution in [2.45, 2.75) is 77.0 Å². The second-order valence-corrected chi connectivity index (χ2v) is 15.3. The van der Waals surface area contributed by atoms with E-state index in [2.05, 4.69) is 33.4 Å². The highest BCUT2D eigenvalue weighted by Crippen LogP contribution is 2.30. The van der Waals surface area contributed by atoms with Crippen LogP contribution in [0.25, 0.3) is 11.1 Å². The van der Waals surface area contributed by atoms with Crippen LogP contribution in [0.1, 0.15) is 79.8 Å². The Labute approximate surface area is 311 Å². The molecule has 0 saturated carbocycles. The second-order valence-electron chi connectivity index (χ2n) is 14.4. The lowest BCUT2D eigenvalue weighted by molar-refractivity contribution is -0.161. The first-order valence-electron chi connectivity index (χ1n) is 18.8. The zero-order valence-corrected chi connectivity index (χ0v) is 31.5. The number of rotatable bonds is 13. The number of likely N-dealkylation sites (tertiary alicyclic amines) is 1. The summed E-state index contributed by atoms with van der Waals surface area (Å²) in [5.41, 5.74) is 5.29. The standard InChI is InChI=1S/C43H52BrN3O4/c1-2-51-43(50)21-15-40(16-22-43)47(41(48)29-34-9-5-14-39(44)28-34)31-35-10-4-11-36(27-35)37-12-6-13-38(30-37)42(49)46-25-19-33(20-26-46)8-3-7-32-17-23-45-24-18-32/h4-6,9-16,21,27-28,30,32-33,45,50H,2-3,7-8,17-20,22-26,29,31H2,1H3. The maximum atomic E-state index is 13.9. The van der Waals surface area contributed by atoms with E-state index in [-0.39, 0.29) is 24.7 Å². The van der Waals surface area contributed by atoms with E-state index in [9.17, 15) is 14.7 Å². The summed E-state index contributed by atoms with van der Waals surface area (Å²) < 4.78 is 6.47. The Bertz CT molecular complexity index is 1710. The van der Waals surface area contributed by atoms with Gasteiger partial charge in [-0.15, -0.1) is 0 Å². The Kier molecular flexibility index (Phi) is 13.0. The van der Waals surface area contributed by atoms with Crippen molar-refractivity contribution in [1.82, 2.24) is 15.1 Å². The van der Waals surface area contributed by atoms with Gasteiger partial charge in [-0.1, -0.05) is 83.7 Å². The molecule has 3 aliphatic rings. The predicted octanol–water partition coefficient (Wildman–Crippen LogP) is 8.28. The maximum Gasteiger partial charge on any atom is 0.253 e. The van der Waals surface area contributed by atoms with Gasteiger partial charge in [0.15, 0.2) is 5.79 Å². The van der Waals surface area contributed by atoms with Gasteiger partial charge < -0.3 is 25.0 Å². The van der Waals surface area contributed by atoms with E-state index in [0.29, 0.717) is 18.7 Å². The average Bonchev–Trinajstić information content (AvgIpc) is 3.15. The first-order valence-corrected chi connectivity index (χ1v) is 19.6. The van der Waals surface area contributed by atoms with Gasteiger partial charge in [0.1, 0.15) is 0 Å². The number of hydrogen-bond acceptors (Lipinski definition) is 5. The SMILES string of the molecule is CCOC1(O)C=CC(N(Cc2cccc(-c3cccc(C(=O)N4CCC(CCCC5CCNCC5)CC4)c3)c2)C(=O)Cc2cccc(Br)c2)=CC1. The quantitative estimate of drug-likeness (QED) is 0.172. The Balaban J connectivity index is 1.11. The summed E-state index contributed by atoms with van der Waals surface area (Å²) in [5.74, 6) is 0.298. The molecule has 2 fully saturated rings. The van der Waals surface area contributed by atoms with Crippen molar-refractivity contribution in [3.63, 3.8) is 0 Å². The molecule has 8 heteroatoms. The number of ether oxygens (including phenoxy) is 1. The van der Waals surface area contributed by atoms with E-state index >= 15 is 0 Å². The van der Waals surface area contributed by atoms with Crippen LogP contribution in [0.15, 0.2) is 101 Å². The zero-order chi connectivity index (χ0) is 35.6. The molecule has 1 aliphatic carbocycles. The smallest absolute Gasteiger partial charge is 0.253 e. The molecule has 3 aromatic carbocycles. The van der Waals surface area contributed by atoms with E-state index in [4.69, 9.17) is 4.74 Å². The molecule has 0 aromatic heterocycles. The van der Waals surface area contributed by atoms with Crippen molar-refractivity contribution in [3.8, 4) is 11.1 Å². The fraction of sp³-hybridized carbons (Fsp3) is 0.442. The number of nitrogens with one attached hydrogen (secondary N) is 1. The molecule has 51 heavy (non-hydrogen) atoms. The fourth-order valence-electron chi connectivity index (χ4n) is 7.74. The van der Waals surface area contributed by atoms with Crippen LogP contribution in [0.4, 0.5) is 0 Å². The average molecular weight is 755 g/mol. The van der Waals surface area contributed by atoms with Crippen molar-refractivity contribution >= 4 is 27.7 Å². The number of hydrogen-bond donors (Lipinski definition) is 2. The number of piperidine rings is 2. The van der Waals surface area contributed by atoms with Crippen LogP contribution >= 0.6 is 15.9 Å². The molecule has 1 unspecified atom stereocenters. The Hall–Kier alpha value is -3.56. The van der Waals surface area contributed by atoms with E-state index in [1.165, 1.54) is 45.2 Å². The zero-order valence-electron chi connectivity index (χ0n) is 29.9. The molecule has 2 saturated heterocycles. The highest BCUT2D eigenvalue weighted by molar-refractivity contribution is 9.10. The number of aliphatic hydroxyl groups is 1. The number of halogens is 1. The van der Waals surface area contributed by atoms with E-state index in [0.717, 1.165) is 70.2 Å². The number of benzene rings is 3. The first kappa shape index (κ1) is 37.2. The fourth-order valence-corrected chi connectivity index (χ4v) is 8.18. The number of nitrogens with zero attached hydrogens (tertiary/aromatic N) is 2. The summed E-state index contributed by atoms with van der Waals surface area (Å²) in [6.07, 6.45) is 14.5. The minimum atomic E-state index is -1.37. The van der Waals surface area contributed by atoms with Gasteiger partial charge in [0, 0.05) is 41.9 Å². The summed E-state index contributed by atoms with van der Waals surface area (Å²) in [6, 6.07) is 23.9. The molecule has 2 heterocycles. The van der Waals surface area contributed by atoms with E-state index < -0.39 is 5.79 Å². The van der Waals surface area contributed by atoms with Crippen LogP contribution in [0.2, 0.25) is 0 Å². The van der Waals surface area contributed by atoms with Crippen molar-refractivity contribution in [3.05, 3.63) is 118 Å². The van der Waals surface area contributed by atoms with Crippen molar-refractivity contribution < 1.29 is 19.4 Å². The van der Waals surface area contributed by atoms with Crippen LogP contribution in [0.3, 0.4) is 0 Å². The number of carbonyl (C=O) groups is 2. The molecule has 0 spiro atoms. The molecule has 2 N–H and O–H groups in total. The summed E-state index contributed by atoms with van der Waals surface area (Å²) in [5, 5.41) is 14.2. The molecule has 2 aliphatic heterocycles. The van der Waals surface area contributed by atoms with Gasteiger partial charge in [-0.3, -0.25) is 9.59 Å². The van der Waals surface area contributed by atoms with Gasteiger partial charge in [-0.25, -0.2) is 0 Å². The molecule has 0 radical (unpaired) electrons. The van der Waals surface area contributed by atoms with Gasteiger partial charge >= 0.3 is 0 Å².